The van der Waals surface area contributed by atoms with Crippen LogP contribution in [0.4, 0.5) is 0 Å². The van der Waals surface area contributed by atoms with Crippen LogP contribution in [0.25, 0.3) is 0 Å². The van der Waals surface area contributed by atoms with Crippen molar-refractivity contribution in [2.75, 3.05) is 6.54 Å². The smallest absolute Gasteiger partial charge is 0.152 e. The van der Waals surface area contributed by atoms with E-state index in [-0.39, 0.29) is 6.04 Å². The van der Waals surface area contributed by atoms with E-state index in [9.17, 15) is 10.4 Å². The number of nitrogens with zero attached hydrogens (tertiary/aromatic N) is 1. The summed E-state index contributed by atoms with van der Waals surface area (Å²) in [6.45, 7) is 6.47. The van der Waals surface area contributed by atoms with E-state index in [0.717, 1.165) is 25.7 Å². The molecule has 0 rings (SSSR count). The lowest BCUT2D eigenvalue weighted by atomic mass is 10.0. The number of unbranched alkanes of at least 4 members (excludes halogenated alkanes) is 3. The number of rotatable bonds is 9. The Morgan fingerprint density at radius 2 is 1.53 bits per heavy atom. The first-order chi connectivity index (χ1) is 7.08. The van der Waals surface area contributed by atoms with Gasteiger partial charge in [0.2, 0.25) is 0 Å². The third-order valence-corrected chi connectivity index (χ3v) is 3.06. The Kier molecular flexibility index (Phi) is 8.02. The molecule has 0 bridgehead atoms. The molecule has 2 N–H and O–H groups in total. The molecule has 0 heterocycles. The number of quaternary nitrogens is 1. The third kappa shape index (κ3) is 6.13. The molecule has 15 heavy (non-hydrogen) atoms. The number of hydrogen-bond acceptors (Lipinski definition) is 2. The van der Waals surface area contributed by atoms with Gasteiger partial charge in [-0.3, -0.25) is 0 Å². The molecule has 0 spiro atoms. The summed E-state index contributed by atoms with van der Waals surface area (Å²) >= 11 is 0. The van der Waals surface area contributed by atoms with Crippen molar-refractivity contribution in [2.45, 2.75) is 71.8 Å². The van der Waals surface area contributed by atoms with Crippen molar-refractivity contribution in [1.29, 1.82) is 0 Å². The van der Waals surface area contributed by atoms with Crippen LogP contribution in [0.15, 0.2) is 0 Å². The molecule has 0 amide bonds. The molecular formula is C12H28NO2+. The van der Waals surface area contributed by atoms with E-state index in [1.54, 1.807) is 0 Å². The van der Waals surface area contributed by atoms with Crippen molar-refractivity contribution in [3.63, 3.8) is 0 Å². The fraction of sp³-hybridized carbons (Fsp3) is 1.00. The molecule has 0 saturated heterocycles. The summed E-state index contributed by atoms with van der Waals surface area (Å²) in [7, 11) is 0. The van der Waals surface area contributed by atoms with E-state index in [0.29, 0.717) is 6.54 Å². The Bertz CT molecular complexity index is 149. The van der Waals surface area contributed by atoms with Gasteiger partial charge in [-0.05, 0) is 18.2 Å². The zero-order valence-corrected chi connectivity index (χ0v) is 10.6. The summed E-state index contributed by atoms with van der Waals surface area (Å²) in [6.07, 6.45) is 7.63. The van der Waals surface area contributed by atoms with Crippen LogP contribution in [0.1, 0.15) is 65.7 Å². The monoisotopic (exact) mass is 218 g/mol. The van der Waals surface area contributed by atoms with Crippen LogP contribution in [0.5, 0.6) is 0 Å². The van der Waals surface area contributed by atoms with Gasteiger partial charge in [0.25, 0.3) is 0 Å². The summed E-state index contributed by atoms with van der Waals surface area (Å²) in [4.78, 5) is -0.792. The summed E-state index contributed by atoms with van der Waals surface area (Å²) in [5.74, 6) is 0. The maximum absolute atomic E-state index is 9.76. The predicted molar refractivity (Wildman–Crippen MR) is 61.8 cm³/mol. The highest BCUT2D eigenvalue weighted by molar-refractivity contribution is 4.56. The lowest BCUT2D eigenvalue weighted by Gasteiger charge is -2.29. The second-order valence-electron chi connectivity index (χ2n) is 4.39. The topological polar surface area (TPSA) is 40.5 Å². The number of hydrogen-bond donors (Lipinski definition) is 2. The van der Waals surface area contributed by atoms with E-state index < -0.39 is 4.81 Å². The second-order valence-corrected chi connectivity index (χ2v) is 4.39. The molecule has 0 aromatic rings. The summed E-state index contributed by atoms with van der Waals surface area (Å²) in [5.41, 5.74) is 0. The molecule has 1 atom stereocenters. The second kappa shape index (κ2) is 8.08. The summed E-state index contributed by atoms with van der Waals surface area (Å²) < 4.78 is 0. The van der Waals surface area contributed by atoms with Crippen LogP contribution in [0.2, 0.25) is 0 Å². The van der Waals surface area contributed by atoms with Crippen molar-refractivity contribution in [1.82, 2.24) is 0 Å². The average molecular weight is 218 g/mol. The zero-order valence-electron chi connectivity index (χ0n) is 10.6. The van der Waals surface area contributed by atoms with Gasteiger partial charge in [0.15, 0.2) is 6.04 Å². The molecule has 0 aliphatic carbocycles. The van der Waals surface area contributed by atoms with Gasteiger partial charge in [-0.25, -0.2) is 0 Å². The molecule has 0 aliphatic rings. The molecule has 0 aromatic heterocycles. The maximum atomic E-state index is 9.76. The predicted octanol–water partition coefficient (Wildman–Crippen LogP) is 3.74. The Balaban J connectivity index is 3.93. The lowest BCUT2D eigenvalue weighted by Crippen LogP contribution is -2.49. The lowest BCUT2D eigenvalue weighted by molar-refractivity contribution is -1.26. The van der Waals surface area contributed by atoms with Crippen LogP contribution in [0.3, 0.4) is 0 Å². The van der Waals surface area contributed by atoms with Crippen LogP contribution in [-0.2, 0) is 0 Å². The molecule has 3 nitrogen and oxygen atoms in total. The van der Waals surface area contributed by atoms with Gasteiger partial charge in [0.1, 0.15) is 6.54 Å². The number of hydroxylamine groups is 4. The van der Waals surface area contributed by atoms with Crippen molar-refractivity contribution >= 4 is 0 Å². The van der Waals surface area contributed by atoms with Gasteiger partial charge in [0, 0.05) is 12.8 Å². The van der Waals surface area contributed by atoms with Crippen LogP contribution in [-0.4, -0.2) is 27.8 Å². The van der Waals surface area contributed by atoms with Gasteiger partial charge in [-0.15, -0.1) is 0 Å². The molecule has 0 aromatic carbocycles. The summed E-state index contributed by atoms with van der Waals surface area (Å²) in [5, 5.41) is 19.5. The molecule has 92 valence electrons. The van der Waals surface area contributed by atoms with Crippen LogP contribution >= 0.6 is 0 Å². The van der Waals surface area contributed by atoms with E-state index in [1.807, 2.05) is 6.92 Å². The normalized spacial score (nSPS) is 14.2. The Morgan fingerprint density at radius 3 is 2.00 bits per heavy atom. The van der Waals surface area contributed by atoms with Crippen molar-refractivity contribution < 1.29 is 15.2 Å². The van der Waals surface area contributed by atoms with Gasteiger partial charge in [-0.1, -0.05) is 39.5 Å². The minimum absolute atomic E-state index is 0.00291. The van der Waals surface area contributed by atoms with Crippen LogP contribution < -0.4 is 0 Å². The van der Waals surface area contributed by atoms with E-state index in [4.69, 9.17) is 0 Å². The van der Waals surface area contributed by atoms with Gasteiger partial charge >= 0.3 is 0 Å². The molecule has 0 fully saturated rings. The minimum Gasteiger partial charge on any atom is -0.182 e. The van der Waals surface area contributed by atoms with Gasteiger partial charge in [0.05, 0.1) is 0 Å². The Morgan fingerprint density at radius 1 is 0.867 bits per heavy atom. The highest BCUT2D eigenvalue weighted by Gasteiger charge is 2.31. The summed E-state index contributed by atoms with van der Waals surface area (Å²) in [6, 6.07) is -0.00291. The zero-order chi connectivity index (χ0) is 11.7. The molecule has 0 aliphatic heterocycles. The Labute approximate surface area is 94.2 Å². The first kappa shape index (κ1) is 14.9. The Hall–Kier alpha value is -0.120. The fourth-order valence-electron chi connectivity index (χ4n) is 1.96. The molecule has 1 unspecified atom stereocenters. The first-order valence-corrected chi connectivity index (χ1v) is 6.41. The highest BCUT2D eigenvalue weighted by Crippen LogP contribution is 2.18. The fourth-order valence-corrected chi connectivity index (χ4v) is 1.96. The maximum Gasteiger partial charge on any atom is 0.152 e. The molecule has 0 saturated carbocycles. The standard InChI is InChI=1S/C12H28NO2/c1-4-7-8-9-11-12(10-5-2)13(14,15)6-3/h12,14-15H,4-11H2,1-3H3/q+1. The molecular weight excluding hydrogens is 190 g/mol. The van der Waals surface area contributed by atoms with E-state index >= 15 is 0 Å². The van der Waals surface area contributed by atoms with Crippen molar-refractivity contribution in [2.24, 2.45) is 0 Å². The van der Waals surface area contributed by atoms with E-state index in [1.165, 1.54) is 19.3 Å². The largest absolute Gasteiger partial charge is 0.182 e. The van der Waals surface area contributed by atoms with Gasteiger partial charge < -0.3 is 0 Å². The van der Waals surface area contributed by atoms with E-state index in [2.05, 4.69) is 13.8 Å². The van der Waals surface area contributed by atoms with Gasteiger partial charge in [-0.2, -0.15) is 10.4 Å². The average Bonchev–Trinajstić information content (AvgIpc) is 2.22. The first-order valence-electron chi connectivity index (χ1n) is 6.41. The quantitative estimate of drug-likeness (QED) is 0.351. The van der Waals surface area contributed by atoms with Crippen molar-refractivity contribution in [3.05, 3.63) is 0 Å². The van der Waals surface area contributed by atoms with Crippen LogP contribution in [0, 0.1) is 0 Å². The SMILES string of the molecule is CCCCCCC(CCC)[N+](O)(O)CC. The van der Waals surface area contributed by atoms with Crippen molar-refractivity contribution in [3.8, 4) is 0 Å². The minimum atomic E-state index is -0.792. The third-order valence-electron chi connectivity index (χ3n) is 3.06. The molecule has 0 radical (unpaired) electrons. The highest BCUT2D eigenvalue weighted by atomic mass is 16.8. The molecule has 3 heteroatoms.